The van der Waals surface area contributed by atoms with Gasteiger partial charge in [0.1, 0.15) is 0 Å². The van der Waals surface area contributed by atoms with Crippen LogP contribution in [0.2, 0.25) is 0 Å². The Bertz CT molecular complexity index is 982. The zero-order chi connectivity index (χ0) is 19.8. The normalized spacial score (nSPS) is 11.8. The van der Waals surface area contributed by atoms with E-state index < -0.39 is 5.91 Å². The molecule has 0 aromatic heterocycles. The fourth-order valence-electron chi connectivity index (χ4n) is 2.36. The van der Waals surface area contributed by atoms with Crippen molar-refractivity contribution in [3.05, 3.63) is 102 Å². The molecule has 28 heavy (non-hydrogen) atoms. The average molecular weight is 372 g/mol. The third-order valence-electron chi connectivity index (χ3n) is 3.88. The summed E-state index contributed by atoms with van der Waals surface area (Å²) in [7, 11) is 0. The summed E-state index contributed by atoms with van der Waals surface area (Å²) in [5, 5.41) is 18.7. The highest BCUT2D eigenvalue weighted by Crippen LogP contribution is 2.20. The van der Waals surface area contributed by atoms with Crippen LogP contribution in [-0.4, -0.2) is 11.0 Å². The number of benzene rings is 3. The van der Waals surface area contributed by atoms with E-state index in [1.54, 1.807) is 48.5 Å². The number of aryl methyl sites for hydroxylation is 1. The number of rotatable bonds is 6. The summed E-state index contributed by atoms with van der Waals surface area (Å²) in [6.45, 7) is 1.97. The molecule has 0 heterocycles. The number of aliphatic hydroxyl groups excluding tert-OH is 1. The highest BCUT2D eigenvalue weighted by Gasteiger charge is 2.17. The van der Waals surface area contributed by atoms with E-state index in [1.165, 1.54) is 0 Å². The van der Waals surface area contributed by atoms with Crippen molar-refractivity contribution in [2.24, 2.45) is 10.2 Å². The van der Waals surface area contributed by atoms with Gasteiger partial charge in [0.25, 0.3) is 5.91 Å². The van der Waals surface area contributed by atoms with Gasteiger partial charge in [-0.1, -0.05) is 66.2 Å². The molecule has 3 aromatic carbocycles. The SMILES string of the molecule is Cc1ccc(N=N/C(C(=O)NNc2ccccc2)=C(/O)c2ccccc2)cc1. The number of azo groups is 1. The van der Waals surface area contributed by atoms with Gasteiger partial charge in [0.15, 0.2) is 11.5 Å². The first-order valence-electron chi connectivity index (χ1n) is 8.72. The lowest BCUT2D eigenvalue weighted by Gasteiger charge is -2.10. The molecule has 0 atom stereocenters. The third kappa shape index (κ3) is 5.04. The van der Waals surface area contributed by atoms with E-state index >= 15 is 0 Å². The van der Waals surface area contributed by atoms with Crippen LogP contribution in [0.4, 0.5) is 11.4 Å². The maximum Gasteiger partial charge on any atom is 0.294 e. The topological polar surface area (TPSA) is 86.1 Å². The lowest BCUT2D eigenvalue weighted by molar-refractivity contribution is -0.117. The van der Waals surface area contributed by atoms with E-state index in [9.17, 15) is 9.90 Å². The van der Waals surface area contributed by atoms with Crippen LogP contribution in [0.3, 0.4) is 0 Å². The van der Waals surface area contributed by atoms with E-state index in [1.807, 2.05) is 43.3 Å². The minimum atomic E-state index is -0.610. The second-order valence-corrected chi connectivity index (χ2v) is 6.04. The van der Waals surface area contributed by atoms with Gasteiger partial charge < -0.3 is 5.11 Å². The first-order chi connectivity index (χ1) is 13.6. The highest BCUT2D eigenvalue weighted by molar-refractivity contribution is 5.99. The van der Waals surface area contributed by atoms with Gasteiger partial charge >= 0.3 is 0 Å². The molecule has 6 heteroatoms. The molecule has 0 spiro atoms. The molecule has 3 rings (SSSR count). The predicted molar refractivity (Wildman–Crippen MR) is 110 cm³/mol. The number of nitrogens with zero attached hydrogens (tertiary/aromatic N) is 2. The Kier molecular flexibility index (Phi) is 6.15. The van der Waals surface area contributed by atoms with Crippen molar-refractivity contribution >= 4 is 23.0 Å². The first kappa shape index (κ1) is 18.8. The maximum atomic E-state index is 12.7. The quantitative estimate of drug-likeness (QED) is 0.242. The highest BCUT2D eigenvalue weighted by atomic mass is 16.3. The summed E-state index contributed by atoms with van der Waals surface area (Å²) in [5.41, 5.74) is 7.96. The fourth-order valence-corrected chi connectivity index (χ4v) is 2.36. The lowest BCUT2D eigenvalue weighted by atomic mass is 10.1. The maximum absolute atomic E-state index is 12.7. The first-order valence-corrected chi connectivity index (χ1v) is 8.72. The molecule has 140 valence electrons. The molecule has 6 nitrogen and oxygen atoms in total. The number of nitrogens with one attached hydrogen (secondary N) is 2. The van der Waals surface area contributed by atoms with Gasteiger partial charge in [-0.2, -0.15) is 5.11 Å². The van der Waals surface area contributed by atoms with Crippen LogP contribution in [-0.2, 0) is 4.79 Å². The number of carbonyl (C=O) groups excluding carboxylic acids is 1. The van der Waals surface area contributed by atoms with E-state index in [4.69, 9.17) is 0 Å². The Morgan fingerprint density at radius 1 is 0.857 bits per heavy atom. The Morgan fingerprint density at radius 2 is 1.46 bits per heavy atom. The third-order valence-corrected chi connectivity index (χ3v) is 3.88. The van der Waals surface area contributed by atoms with Crippen molar-refractivity contribution in [2.45, 2.75) is 6.92 Å². The van der Waals surface area contributed by atoms with Gasteiger partial charge in [-0.15, -0.1) is 5.11 Å². The number of amides is 1. The summed E-state index contributed by atoms with van der Waals surface area (Å²) in [4.78, 5) is 12.7. The van der Waals surface area contributed by atoms with Crippen LogP contribution >= 0.6 is 0 Å². The van der Waals surface area contributed by atoms with Crippen molar-refractivity contribution in [1.82, 2.24) is 5.43 Å². The van der Waals surface area contributed by atoms with Crippen molar-refractivity contribution in [2.75, 3.05) is 5.43 Å². The summed E-state index contributed by atoms with van der Waals surface area (Å²) in [5.74, 6) is -0.870. The summed E-state index contributed by atoms with van der Waals surface area (Å²) in [6.07, 6.45) is 0. The molecule has 3 aromatic rings. The molecule has 0 saturated carbocycles. The number of carbonyl (C=O) groups is 1. The van der Waals surface area contributed by atoms with Crippen LogP contribution in [0, 0.1) is 6.92 Å². The molecule has 0 aliphatic rings. The van der Waals surface area contributed by atoms with Crippen molar-refractivity contribution < 1.29 is 9.90 Å². The molecule has 0 aliphatic carbocycles. The summed E-state index contributed by atoms with van der Waals surface area (Å²) in [6, 6.07) is 25.2. The van der Waals surface area contributed by atoms with E-state index in [0.717, 1.165) is 5.56 Å². The van der Waals surface area contributed by atoms with Gasteiger partial charge in [-0.3, -0.25) is 15.6 Å². The zero-order valence-corrected chi connectivity index (χ0v) is 15.3. The molecule has 3 N–H and O–H groups in total. The number of hydrogen-bond acceptors (Lipinski definition) is 5. The van der Waals surface area contributed by atoms with Crippen molar-refractivity contribution in [1.29, 1.82) is 0 Å². The number of hydrazine groups is 1. The molecule has 1 amide bonds. The number of hydrogen-bond donors (Lipinski definition) is 3. The monoisotopic (exact) mass is 372 g/mol. The van der Waals surface area contributed by atoms with E-state index in [-0.39, 0.29) is 11.5 Å². The molecule has 0 radical (unpaired) electrons. The van der Waals surface area contributed by atoms with Crippen LogP contribution < -0.4 is 10.9 Å². The van der Waals surface area contributed by atoms with Crippen LogP contribution in [0.25, 0.3) is 5.76 Å². The van der Waals surface area contributed by atoms with Gasteiger partial charge in [0.2, 0.25) is 0 Å². The average Bonchev–Trinajstić information content (AvgIpc) is 2.75. The molecular weight excluding hydrogens is 352 g/mol. The molecule has 0 unspecified atom stereocenters. The van der Waals surface area contributed by atoms with E-state index in [2.05, 4.69) is 21.1 Å². The number of para-hydroxylation sites is 1. The van der Waals surface area contributed by atoms with E-state index in [0.29, 0.717) is 16.9 Å². The predicted octanol–water partition coefficient (Wildman–Crippen LogP) is 5.15. The van der Waals surface area contributed by atoms with Crippen molar-refractivity contribution in [3.63, 3.8) is 0 Å². The van der Waals surface area contributed by atoms with Gasteiger partial charge in [0, 0.05) is 5.56 Å². The fraction of sp³-hybridized carbons (Fsp3) is 0.0455. The smallest absolute Gasteiger partial charge is 0.294 e. The Hall–Kier alpha value is -3.93. The van der Waals surface area contributed by atoms with Crippen molar-refractivity contribution in [3.8, 4) is 0 Å². The lowest BCUT2D eigenvalue weighted by Crippen LogP contribution is -2.30. The Labute approximate surface area is 163 Å². The summed E-state index contributed by atoms with van der Waals surface area (Å²) >= 11 is 0. The van der Waals surface area contributed by atoms with Crippen LogP contribution in [0.15, 0.2) is 101 Å². The summed E-state index contributed by atoms with van der Waals surface area (Å²) < 4.78 is 0. The molecule has 0 fully saturated rings. The zero-order valence-electron chi connectivity index (χ0n) is 15.3. The molecule has 0 saturated heterocycles. The van der Waals surface area contributed by atoms with Gasteiger partial charge in [-0.05, 0) is 31.2 Å². The Balaban J connectivity index is 1.87. The number of aliphatic hydroxyl groups is 1. The minimum absolute atomic E-state index is 0.199. The second kappa shape index (κ2) is 9.14. The minimum Gasteiger partial charge on any atom is -0.505 e. The van der Waals surface area contributed by atoms with Gasteiger partial charge in [-0.25, -0.2) is 0 Å². The Morgan fingerprint density at radius 3 is 2.11 bits per heavy atom. The second-order valence-electron chi connectivity index (χ2n) is 6.04. The molecule has 0 aliphatic heterocycles. The van der Waals surface area contributed by atoms with Gasteiger partial charge in [0.05, 0.1) is 11.4 Å². The van der Waals surface area contributed by atoms with Crippen LogP contribution in [0.1, 0.15) is 11.1 Å². The standard InChI is InChI=1S/C22H20N4O2/c1-16-12-14-19(15-13-16)23-25-20(21(27)17-8-4-2-5-9-17)22(28)26-24-18-10-6-3-7-11-18/h2-15,24,27H,1H3,(H,26,28)/b21-20+,25-23?. The van der Waals surface area contributed by atoms with Crippen LogP contribution in [0.5, 0.6) is 0 Å². The molecular formula is C22H20N4O2. The largest absolute Gasteiger partial charge is 0.505 e. The molecule has 0 bridgehead atoms. The number of anilines is 1.